The van der Waals surface area contributed by atoms with Crippen molar-refractivity contribution in [1.29, 1.82) is 0 Å². The molecule has 1 aromatic rings. The summed E-state index contributed by atoms with van der Waals surface area (Å²) in [7, 11) is 0. The Morgan fingerprint density at radius 3 is 2.50 bits per heavy atom. The van der Waals surface area contributed by atoms with Gasteiger partial charge in [0.15, 0.2) is 5.78 Å². The number of hydrogen-bond donors (Lipinski definition) is 1. The summed E-state index contributed by atoms with van der Waals surface area (Å²) in [5.41, 5.74) is -0.582. The minimum Gasteiger partial charge on any atom is -0.478 e. The molecule has 1 aromatic carbocycles. The summed E-state index contributed by atoms with van der Waals surface area (Å²) in [6.45, 7) is 1.47. The smallest absolute Gasteiger partial charge is 0.348 e. The summed E-state index contributed by atoms with van der Waals surface area (Å²) in [4.78, 5) is 22.6. The second kappa shape index (κ2) is 4.80. The fraction of sp³-hybridized carbons (Fsp3) is 0.429. The third-order valence-electron chi connectivity index (χ3n) is 3.35. The molecule has 1 aliphatic carbocycles. The van der Waals surface area contributed by atoms with Gasteiger partial charge in [0.1, 0.15) is 5.75 Å². The van der Waals surface area contributed by atoms with E-state index >= 15 is 0 Å². The molecule has 1 fully saturated rings. The summed E-state index contributed by atoms with van der Waals surface area (Å²) in [5, 5.41) is 9.31. The molecule has 2 rings (SSSR count). The first kappa shape index (κ1) is 12.6. The summed E-state index contributed by atoms with van der Waals surface area (Å²) in [6, 6.07) is 6.69. The van der Waals surface area contributed by atoms with E-state index in [1.165, 1.54) is 6.92 Å². The molecule has 96 valence electrons. The number of carboxylic acids is 1. The van der Waals surface area contributed by atoms with E-state index in [0.717, 1.165) is 12.8 Å². The number of carbonyl (C=O) groups excluding carboxylic acids is 1. The lowest BCUT2D eigenvalue weighted by atomic mass is 10.0. The molecule has 0 saturated heterocycles. The zero-order chi connectivity index (χ0) is 13.2. The predicted molar refractivity (Wildman–Crippen MR) is 65.9 cm³/mol. The fourth-order valence-corrected chi connectivity index (χ4v) is 2.31. The Morgan fingerprint density at radius 1 is 1.28 bits per heavy atom. The van der Waals surface area contributed by atoms with Gasteiger partial charge in [-0.05, 0) is 44.7 Å². The van der Waals surface area contributed by atoms with Crippen LogP contribution in [0.1, 0.15) is 43.0 Å². The van der Waals surface area contributed by atoms with E-state index < -0.39 is 11.6 Å². The van der Waals surface area contributed by atoms with Crippen molar-refractivity contribution in [3.63, 3.8) is 0 Å². The molecule has 4 heteroatoms. The molecule has 0 aliphatic heterocycles. The summed E-state index contributed by atoms with van der Waals surface area (Å²) in [5.74, 6) is -0.531. The number of ether oxygens (including phenoxy) is 1. The van der Waals surface area contributed by atoms with Crippen LogP contribution in [0.25, 0.3) is 0 Å². The molecular formula is C14H16O4. The third kappa shape index (κ3) is 2.37. The van der Waals surface area contributed by atoms with E-state index in [1.807, 2.05) is 0 Å². The first-order valence-corrected chi connectivity index (χ1v) is 6.07. The normalized spacial score (nSPS) is 17.4. The number of aliphatic carboxylic acids is 1. The van der Waals surface area contributed by atoms with Gasteiger partial charge in [-0.3, -0.25) is 4.79 Å². The average Bonchev–Trinajstić information content (AvgIpc) is 2.79. The van der Waals surface area contributed by atoms with E-state index in [-0.39, 0.29) is 5.78 Å². The molecule has 4 nitrogen and oxygen atoms in total. The Bertz CT molecular complexity index is 472. The zero-order valence-electron chi connectivity index (χ0n) is 10.3. The number of hydrogen-bond acceptors (Lipinski definition) is 3. The number of Topliss-reactive ketones (excluding diaryl/α,β-unsaturated/α-hetero) is 1. The molecule has 0 unspecified atom stereocenters. The van der Waals surface area contributed by atoms with Crippen molar-refractivity contribution in [2.24, 2.45) is 0 Å². The minimum absolute atomic E-state index is 0.0590. The van der Waals surface area contributed by atoms with Gasteiger partial charge in [0.05, 0.1) is 0 Å². The Hall–Kier alpha value is -1.84. The maximum Gasteiger partial charge on any atom is 0.348 e. The van der Waals surface area contributed by atoms with Crippen LogP contribution in [-0.4, -0.2) is 22.5 Å². The standard InChI is InChI=1S/C14H16O4/c1-10(15)11-5-4-6-12(9-11)18-14(13(16)17)7-2-3-8-14/h4-6,9H,2-3,7-8H2,1H3,(H,16,17). The lowest BCUT2D eigenvalue weighted by Crippen LogP contribution is -2.41. The number of ketones is 1. The van der Waals surface area contributed by atoms with Gasteiger partial charge in [-0.1, -0.05) is 12.1 Å². The van der Waals surface area contributed by atoms with Crippen LogP contribution in [0.4, 0.5) is 0 Å². The number of rotatable bonds is 4. The Balaban J connectivity index is 2.24. The number of carboxylic acid groups (broad SMARTS) is 1. The van der Waals surface area contributed by atoms with Crippen molar-refractivity contribution in [1.82, 2.24) is 0 Å². The van der Waals surface area contributed by atoms with Crippen LogP contribution in [0.2, 0.25) is 0 Å². The van der Waals surface area contributed by atoms with Crippen molar-refractivity contribution >= 4 is 11.8 Å². The highest BCUT2D eigenvalue weighted by Crippen LogP contribution is 2.35. The van der Waals surface area contributed by atoms with Crippen LogP contribution in [0.15, 0.2) is 24.3 Å². The Labute approximate surface area is 106 Å². The summed E-state index contributed by atoms with van der Waals surface area (Å²) in [6.07, 6.45) is 2.76. The Kier molecular flexibility index (Phi) is 3.36. The molecule has 0 atom stereocenters. The number of carbonyl (C=O) groups is 2. The fourth-order valence-electron chi connectivity index (χ4n) is 2.31. The van der Waals surface area contributed by atoms with Gasteiger partial charge >= 0.3 is 5.97 Å². The molecular weight excluding hydrogens is 232 g/mol. The van der Waals surface area contributed by atoms with E-state index in [2.05, 4.69) is 0 Å². The minimum atomic E-state index is -1.12. The zero-order valence-corrected chi connectivity index (χ0v) is 10.3. The molecule has 18 heavy (non-hydrogen) atoms. The highest BCUT2D eigenvalue weighted by atomic mass is 16.5. The van der Waals surface area contributed by atoms with Crippen molar-refractivity contribution in [2.45, 2.75) is 38.2 Å². The van der Waals surface area contributed by atoms with Gasteiger partial charge in [0, 0.05) is 5.56 Å². The number of benzene rings is 1. The van der Waals surface area contributed by atoms with Crippen LogP contribution in [0.5, 0.6) is 5.75 Å². The molecule has 0 spiro atoms. The van der Waals surface area contributed by atoms with Gasteiger partial charge < -0.3 is 9.84 Å². The second-order valence-corrected chi connectivity index (χ2v) is 4.69. The van der Waals surface area contributed by atoms with Gasteiger partial charge in [-0.2, -0.15) is 0 Å². The average molecular weight is 248 g/mol. The van der Waals surface area contributed by atoms with Crippen molar-refractivity contribution in [2.75, 3.05) is 0 Å². The lowest BCUT2D eigenvalue weighted by Gasteiger charge is -2.25. The van der Waals surface area contributed by atoms with Crippen LogP contribution >= 0.6 is 0 Å². The third-order valence-corrected chi connectivity index (χ3v) is 3.35. The summed E-state index contributed by atoms with van der Waals surface area (Å²) >= 11 is 0. The van der Waals surface area contributed by atoms with Crippen LogP contribution in [-0.2, 0) is 4.79 Å². The van der Waals surface area contributed by atoms with Crippen molar-refractivity contribution in [3.8, 4) is 5.75 Å². The maximum absolute atomic E-state index is 11.4. The lowest BCUT2D eigenvalue weighted by molar-refractivity contribution is -0.154. The van der Waals surface area contributed by atoms with E-state index in [9.17, 15) is 14.7 Å². The van der Waals surface area contributed by atoms with E-state index in [1.54, 1.807) is 24.3 Å². The molecule has 1 aliphatic rings. The largest absolute Gasteiger partial charge is 0.478 e. The van der Waals surface area contributed by atoms with Crippen LogP contribution < -0.4 is 4.74 Å². The molecule has 0 heterocycles. The summed E-state index contributed by atoms with van der Waals surface area (Å²) < 4.78 is 5.66. The van der Waals surface area contributed by atoms with Crippen molar-refractivity contribution < 1.29 is 19.4 Å². The maximum atomic E-state index is 11.4. The van der Waals surface area contributed by atoms with E-state index in [0.29, 0.717) is 24.2 Å². The molecule has 0 aromatic heterocycles. The first-order valence-electron chi connectivity index (χ1n) is 6.07. The highest BCUT2D eigenvalue weighted by molar-refractivity contribution is 5.94. The Morgan fingerprint density at radius 2 is 1.94 bits per heavy atom. The molecule has 1 N–H and O–H groups in total. The van der Waals surface area contributed by atoms with Crippen molar-refractivity contribution in [3.05, 3.63) is 29.8 Å². The topological polar surface area (TPSA) is 63.6 Å². The van der Waals surface area contributed by atoms with Gasteiger partial charge in [0.25, 0.3) is 0 Å². The van der Waals surface area contributed by atoms with Gasteiger partial charge in [-0.25, -0.2) is 4.79 Å². The molecule has 1 saturated carbocycles. The molecule has 0 radical (unpaired) electrons. The van der Waals surface area contributed by atoms with Gasteiger partial charge in [0.2, 0.25) is 5.60 Å². The van der Waals surface area contributed by atoms with Crippen LogP contribution in [0.3, 0.4) is 0 Å². The van der Waals surface area contributed by atoms with Crippen LogP contribution in [0, 0.1) is 0 Å². The molecule has 0 amide bonds. The molecule has 0 bridgehead atoms. The highest BCUT2D eigenvalue weighted by Gasteiger charge is 2.43. The predicted octanol–water partition coefficient (Wildman–Crippen LogP) is 2.67. The van der Waals surface area contributed by atoms with E-state index in [4.69, 9.17) is 4.74 Å². The monoisotopic (exact) mass is 248 g/mol. The second-order valence-electron chi connectivity index (χ2n) is 4.69. The first-order chi connectivity index (χ1) is 8.53. The quantitative estimate of drug-likeness (QED) is 0.832. The van der Waals surface area contributed by atoms with Gasteiger partial charge in [-0.15, -0.1) is 0 Å². The SMILES string of the molecule is CC(=O)c1cccc(OC2(C(=O)O)CCCC2)c1.